The molecule has 0 saturated carbocycles. The van der Waals surface area contributed by atoms with E-state index in [-0.39, 0.29) is 0 Å². The second kappa shape index (κ2) is 6.06. The minimum Gasteiger partial charge on any atom is -0.379 e. The van der Waals surface area contributed by atoms with Gasteiger partial charge in [0.2, 0.25) is 0 Å². The summed E-state index contributed by atoms with van der Waals surface area (Å²) in [6, 6.07) is 19.0. The van der Waals surface area contributed by atoms with E-state index < -0.39 is 0 Å². The van der Waals surface area contributed by atoms with Crippen molar-refractivity contribution in [1.29, 1.82) is 0 Å². The van der Waals surface area contributed by atoms with Gasteiger partial charge in [-0.25, -0.2) is 0 Å². The highest BCUT2D eigenvalue weighted by atomic mass is 14.9. The summed E-state index contributed by atoms with van der Waals surface area (Å²) in [5, 5.41) is 3.49. The first kappa shape index (κ1) is 12.4. The first-order valence-electron chi connectivity index (χ1n) is 6.31. The first-order chi connectivity index (χ1) is 8.75. The van der Waals surface area contributed by atoms with E-state index in [1.165, 1.54) is 16.8 Å². The molecule has 1 unspecified atom stereocenters. The Morgan fingerprint density at radius 1 is 0.944 bits per heavy atom. The van der Waals surface area contributed by atoms with Gasteiger partial charge in [-0.3, -0.25) is 0 Å². The van der Waals surface area contributed by atoms with Crippen molar-refractivity contribution in [2.75, 3.05) is 5.32 Å². The molecule has 18 heavy (non-hydrogen) atoms. The Kier molecular flexibility index (Phi) is 4.19. The van der Waals surface area contributed by atoms with Gasteiger partial charge in [0.15, 0.2) is 0 Å². The smallest absolute Gasteiger partial charge is 0.0419 e. The van der Waals surface area contributed by atoms with Gasteiger partial charge in [0.05, 0.1) is 0 Å². The van der Waals surface area contributed by atoms with Crippen molar-refractivity contribution in [1.82, 2.24) is 0 Å². The monoisotopic (exact) mass is 237 g/mol. The number of hydrogen-bond donors (Lipinski definition) is 1. The van der Waals surface area contributed by atoms with E-state index in [4.69, 9.17) is 0 Å². The second-order valence-corrected chi connectivity index (χ2v) is 4.52. The molecule has 2 aromatic carbocycles. The lowest BCUT2D eigenvalue weighted by atomic mass is 10.1. The average Bonchev–Trinajstić information content (AvgIpc) is 2.40. The Hall–Kier alpha value is -2.02. The number of hydrogen-bond acceptors (Lipinski definition) is 1. The Morgan fingerprint density at radius 3 is 2.33 bits per heavy atom. The summed E-state index contributed by atoms with van der Waals surface area (Å²) < 4.78 is 0. The Labute approximate surface area is 109 Å². The zero-order valence-corrected chi connectivity index (χ0v) is 10.9. The molecular weight excluding hydrogens is 218 g/mol. The molecule has 1 heteroatoms. The number of aryl methyl sites for hydroxylation is 1. The van der Waals surface area contributed by atoms with Crippen molar-refractivity contribution in [3.63, 3.8) is 0 Å². The highest BCUT2D eigenvalue weighted by Gasteiger charge is 1.99. The largest absolute Gasteiger partial charge is 0.379 e. The summed E-state index contributed by atoms with van der Waals surface area (Å²) in [4.78, 5) is 0. The molecule has 2 aromatic rings. The number of rotatable bonds is 4. The summed E-state index contributed by atoms with van der Waals surface area (Å²) in [6.07, 6.45) is 4.33. The van der Waals surface area contributed by atoms with E-state index in [2.05, 4.69) is 79.8 Å². The van der Waals surface area contributed by atoms with Crippen LogP contribution in [0.4, 0.5) is 5.69 Å². The molecule has 1 atom stereocenters. The van der Waals surface area contributed by atoms with E-state index >= 15 is 0 Å². The lowest BCUT2D eigenvalue weighted by molar-refractivity contribution is 0.999. The molecule has 1 N–H and O–H groups in total. The number of para-hydroxylation sites is 1. The zero-order chi connectivity index (χ0) is 12.8. The SMILES string of the molecule is Cc1ccccc1NC(C)/C=C/c1ccccc1. The van der Waals surface area contributed by atoms with Gasteiger partial charge in [0.25, 0.3) is 0 Å². The molecule has 92 valence electrons. The fraction of sp³-hybridized carbons (Fsp3) is 0.176. The lowest BCUT2D eigenvalue weighted by Crippen LogP contribution is -2.12. The van der Waals surface area contributed by atoms with Crippen LogP contribution in [0.15, 0.2) is 60.7 Å². The average molecular weight is 237 g/mol. The predicted molar refractivity (Wildman–Crippen MR) is 79.7 cm³/mol. The van der Waals surface area contributed by atoms with Crippen LogP contribution < -0.4 is 5.32 Å². The third-order valence-corrected chi connectivity index (χ3v) is 2.91. The van der Waals surface area contributed by atoms with E-state index in [0.29, 0.717) is 6.04 Å². The normalized spacial score (nSPS) is 12.6. The zero-order valence-electron chi connectivity index (χ0n) is 10.9. The van der Waals surface area contributed by atoms with Crippen molar-refractivity contribution in [3.8, 4) is 0 Å². The van der Waals surface area contributed by atoms with Crippen molar-refractivity contribution in [3.05, 3.63) is 71.8 Å². The lowest BCUT2D eigenvalue weighted by Gasteiger charge is -2.13. The molecule has 0 saturated heterocycles. The Bertz CT molecular complexity index is 514. The predicted octanol–water partition coefficient (Wildman–Crippen LogP) is 4.51. The van der Waals surface area contributed by atoms with Gasteiger partial charge in [-0.2, -0.15) is 0 Å². The minimum atomic E-state index is 0.311. The van der Waals surface area contributed by atoms with Gasteiger partial charge >= 0.3 is 0 Å². The van der Waals surface area contributed by atoms with Crippen LogP contribution in [-0.4, -0.2) is 6.04 Å². The fourth-order valence-electron chi connectivity index (χ4n) is 1.85. The maximum absolute atomic E-state index is 3.49. The van der Waals surface area contributed by atoms with Crippen molar-refractivity contribution in [2.45, 2.75) is 19.9 Å². The van der Waals surface area contributed by atoms with E-state index in [1.807, 2.05) is 6.07 Å². The van der Waals surface area contributed by atoms with Gasteiger partial charge in [0, 0.05) is 11.7 Å². The molecule has 0 aromatic heterocycles. The van der Waals surface area contributed by atoms with Gasteiger partial charge in [-0.05, 0) is 31.0 Å². The molecule has 0 radical (unpaired) electrons. The van der Waals surface area contributed by atoms with Gasteiger partial charge in [0.1, 0.15) is 0 Å². The van der Waals surface area contributed by atoms with Crippen LogP contribution in [0.3, 0.4) is 0 Å². The summed E-state index contributed by atoms with van der Waals surface area (Å²) in [5.74, 6) is 0. The van der Waals surface area contributed by atoms with Crippen LogP contribution in [0.1, 0.15) is 18.1 Å². The summed E-state index contributed by atoms with van der Waals surface area (Å²) >= 11 is 0. The Balaban J connectivity index is 1.99. The standard InChI is InChI=1S/C17H19N/c1-14-8-6-7-11-17(14)18-15(2)12-13-16-9-4-3-5-10-16/h3-13,15,18H,1-2H3/b13-12+. The topological polar surface area (TPSA) is 12.0 Å². The number of anilines is 1. The molecule has 0 fully saturated rings. The second-order valence-electron chi connectivity index (χ2n) is 4.52. The first-order valence-corrected chi connectivity index (χ1v) is 6.31. The van der Waals surface area contributed by atoms with Gasteiger partial charge < -0.3 is 5.32 Å². The highest BCUT2D eigenvalue weighted by molar-refractivity contribution is 5.54. The highest BCUT2D eigenvalue weighted by Crippen LogP contribution is 2.15. The molecule has 0 bridgehead atoms. The van der Waals surface area contributed by atoms with E-state index in [0.717, 1.165) is 0 Å². The van der Waals surface area contributed by atoms with Crippen LogP contribution >= 0.6 is 0 Å². The van der Waals surface area contributed by atoms with Crippen molar-refractivity contribution >= 4 is 11.8 Å². The van der Waals surface area contributed by atoms with Crippen LogP contribution in [0.5, 0.6) is 0 Å². The van der Waals surface area contributed by atoms with Crippen LogP contribution in [0.2, 0.25) is 0 Å². The molecule has 1 nitrogen and oxygen atoms in total. The van der Waals surface area contributed by atoms with E-state index in [9.17, 15) is 0 Å². The van der Waals surface area contributed by atoms with Gasteiger partial charge in [-0.15, -0.1) is 0 Å². The van der Waals surface area contributed by atoms with Gasteiger partial charge in [-0.1, -0.05) is 60.7 Å². The maximum atomic E-state index is 3.49. The molecule has 0 heterocycles. The molecule has 0 amide bonds. The summed E-state index contributed by atoms with van der Waals surface area (Å²) in [5.41, 5.74) is 3.70. The number of nitrogens with one attached hydrogen (secondary N) is 1. The van der Waals surface area contributed by atoms with Crippen molar-refractivity contribution in [2.24, 2.45) is 0 Å². The Morgan fingerprint density at radius 2 is 1.61 bits per heavy atom. The molecule has 0 spiro atoms. The van der Waals surface area contributed by atoms with Crippen molar-refractivity contribution < 1.29 is 0 Å². The molecule has 0 aliphatic heterocycles. The summed E-state index contributed by atoms with van der Waals surface area (Å²) in [7, 11) is 0. The van der Waals surface area contributed by atoms with Crippen LogP contribution in [-0.2, 0) is 0 Å². The third-order valence-electron chi connectivity index (χ3n) is 2.91. The van der Waals surface area contributed by atoms with Crippen LogP contribution in [0, 0.1) is 6.92 Å². The quantitative estimate of drug-likeness (QED) is 0.825. The summed E-state index contributed by atoms with van der Waals surface area (Å²) in [6.45, 7) is 4.28. The molecule has 2 rings (SSSR count). The fourth-order valence-corrected chi connectivity index (χ4v) is 1.85. The molecular formula is C17H19N. The van der Waals surface area contributed by atoms with E-state index in [1.54, 1.807) is 0 Å². The minimum absolute atomic E-state index is 0.311. The maximum Gasteiger partial charge on any atom is 0.0419 e. The molecule has 0 aliphatic rings. The van der Waals surface area contributed by atoms with Crippen LogP contribution in [0.25, 0.3) is 6.08 Å². The molecule has 0 aliphatic carbocycles. The number of benzene rings is 2. The third kappa shape index (κ3) is 3.49.